The molecular weight excluding hydrogens is 470 g/mol. The van der Waals surface area contributed by atoms with Crippen LogP contribution in [0, 0.1) is 10.1 Å². The maximum absolute atomic E-state index is 11.1. The molecule has 0 bridgehead atoms. The van der Waals surface area contributed by atoms with E-state index in [0.29, 0.717) is 11.4 Å². The van der Waals surface area contributed by atoms with E-state index < -0.39 is 9.92 Å². The molecule has 0 radical (unpaired) electrons. The Bertz CT molecular complexity index is 1470. The largest absolute Gasteiger partial charge is 0.488 e. The number of nitro groups is 1. The van der Waals surface area contributed by atoms with Crippen molar-refractivity contribution in [3.63, 3.8) is 0 Å². The molecule has 1 unspecified atom stereocenters. The highest BCUT2D eigenvalue weighted by atomic mass is 35.5. The van der Waals surface area contributed by atoms with E-state index in [1.807, 2.05) is 60.3 Å². The van der Waals surface area contributed by atoms with E-state index in [2.05, 4.69) is 9.98 Å². The summed E-state index contributed by atoms with van der Waals surface area (Å²) in [6.45, 7) is 0.405. The van der Waals surface area contributed by atoms with Gasteiger partial charge < -0.3 is 25.2 Å². The molecule has 3 heterocycles. The second-order valence-corrected chi connectivity index (χ2v) is 8.55. The van der Waals surface area contributed by atoms with Crippen LogP contribution >= 0.6 is 11.6 Å². The molecule has 1 aliphatic rings. The molecule has 0 aliphatic carbocycles. The van der Waals surface area contributed by atoms with Gasteiger partial charge in [0.2, 0.25) is 5.96 Å². The topological polar surface area (TPSA) is 117 Å². The van der Waals surface area contributed by atoms with Gasteiger partial charge in [0.1, 0.15) is 31.3 Å². The lowest BCUT2D eigenvalue weighted by Crippen LogP contribution is -2.50. The molecule has 2 aromatic heterocycles. The van der Waals surface area contributed by atoms with Crippen molar-refractivity contribution < 1.29 is 9.66 Å². The summed E-state index contributed by atoms with van der Waals surface area (Å²) in [5, 5.41) is 12.1. The zero-order chi connectivity index (χ0) is 24.6. The number of fused-ring (bicyclic) bond motifs is 1. The van der Waals surface area contributed by atoms with Gasteiger partial charge in [0, 0.05) is 35.9 Å². The number of benzene rings is 2. The molecule has 0 saturated heterocycles. The Morgan fingerprint density at radius 1 is 1.20 bits per heavy atom. The second kappa shape index (κ2) is 8.80. The first-order valence-corrected chi connectivity index (χ1v) is 11.2. The fourth-order valence-electron chi connectivity index (χ4n) is 4.31. The Kier molecular flexibility index (Phi) is 5.65. The van der Waals surface area contributed by atoms with Crippen LogP contribution in [0.4, 0.5) is 11.6 Å². The van der Waals surface area contributed by atoms with E-state index in [1.54, 1.807) is 23.2 Å². The summed E-state index contributed by atoms with van der Waals surface area (Å²) in [4.78, 5) is 19.2. The third-order valence-electron chi connectivity index (χ3n) is 5.88. The van der Waals surface area contributed by atoms with E-state index in [-0.39, 0.29) is 25.1 Å². The van der Waals surface area contributed by atoms with Gasteiger partial charge >= 0.3 is 5.95 Å². The van der Waals surface area contributed by atoms with Crippen LogP contribution in [0.5, 0.6) is 5.75 Å². The van der Waals surface area contributed by atoms with Gasteiger partial charge in [0.15, 0.2) is 5.00 Å². The van der Waals surface area contributed by atoms with Gasteiger partial charge in [0.25, 0.3) is 0 Å². The quantitative estimate of drug-likeness (QED) is 0.180. The van der Waals surface area contributed by atoms with E-state index in [1.165, 1.54) is 17.0 Å². The summed E-state index contributed by atoms with van der Waals surface area (Å²) >= 11 is 7.35. The molecule has 0 amide bonds. The third kappa shape index (κ3) is 3.87. The average molecular weight is 492 g/mol. The molecule has 1 atom stereocenters. The van der Waals surface area contributed by atoms with Gasteiger partial charge in [-0.2, -0.15) is 0 Å². The van der Waals surface area contributed by atoms with Crippen LogP contribution in [0.1, 0.15) is 5.56 Å². The fraction of sp³-hybridized carbons (Fsp3) is 0.167. The molecule has 35 heavy (non-hydrogen) atoms. The zero-order valence-corrected chi connectivity index (χ0v) is 19.5. The van der Waals surface area contributed by atoms with E-state index in [9.17, 15) is 10.1 Å². The SMILES string of the molecule is Cn1cc(C2(Cl)C=CN=C(N)N2c2ccccc2OCCn2ccnc2[N+](=O)[O-])c2ccccc21. The first-order chi connectivity index (χ1) is 16.9. The molecule has 0 spiro atoms. The van der Waals surface area contributed by atoms with Gasteiger partial charge in [-0.3, -0.25) is 4.90 Å². The first-order valence-electron chi connectivity index (χ1n) is 10.8. The van der Waals surface area contributed by atoms with Crippen LogP contribution in [0.15, 0.2) is 84.4 Å². The Morgan fingerprint density at radius 3 is 2.80 bits per heavy atom. The van der Waals surface area contributed by atoms with Crippen molar-refractivity contribution in [3.05, 3.63) is 95.1 Å². The van der Waals surface area contributed by atoms with Crippen molar-refractivity contribution in [1.82, 2.24) is 14.1 Å². The fourth-order valence-corrected chi connectivity index (χ4v) is 4.69. The Balaban J connectivity index is 1.50. The van der Waals surface area contributed by atoms with Crippen LogP contribution in [0.3, 0.4) is 0 Å². The van der Waals surface area contributed by atoms with Gasteiger partial charge in [-0.25, -0.2) is 9.56 Å². The molecular formula is C24H22ClN7O3. The Labute approximate surface area is 205 Å². The summed E-state index contributed by atoms with van der Waals surface area (Å²) < 4.78 is 9.49. The highest BCUT2D eigenvalue weighted by Gasteiger charge is 2.42. The molecule has 5 rings (SSSR count). The van der Waals surface area contributed by atoms with Crippen LogP contribution in [0.25, 0.3) is 10.9 Å². The van der Waals surface area contributed by atoms with Gasteiger partial charge in [0.05, 0.1) is 5.69 Å². The number of ether oxygens (including phenoxy) is 1. The first kappa shape index (κ1) is 22.5. The third-order valence-corrected chi connectivity index (χ3v) is 6.38. The van der Waals surface area contributed by atoms with Crippen LogP contribution in [-0.4, -0.2) is 31.6 Å². The number of alkyl halides is 1. The minimum atomic E-state index is -1.17. The predicted octanol–water partition coefficient (Wildman–Crippen LogP) is 4.10. The number of aromatic nitrogens is 3. The van der Waals surface area contributed by atoms with Crippen LogP contribution < -0.4 is 15.4 Å². The van der Waals surface area contributed by atoms with Gasteiger partial charge in [-0.15, -0.1) is 0 Å². The Morgan fingerprint density at radius 2 is 1.97 bits per heavy atom. The highest BCUT2D eigenvalue weighted by Crippen LogP contribution is 2.45. The summed E-state index contributed by atoms with van der Waals surface area (Å²) in [5.41, 5.74) is 8.88. The van der Waals surface area contributed by atoms with Crippen molar-refractivity contribution in [3.8, 4) is 5.75 Å². The summed E-state index contributed by atoms with van der Waals surface area (Å²) in [6, 6.07) is 15.3. The van der Waals surface area contributed by atoms with Gasteiger partial charge in [-0.05, 0) is 29.2 Å². The number of aryl methyl sites for hydroxylation is 1. The summed E-state index contributed by atoms with van der Waals surface area (Å²) in [6.07, 6.45) is 8.29. The number of hydrogen-bond acceptors (Lipinski definition) is 7. The van der Waals surface area contributed by atoms with E-state index in [0.717, 1.165) is 16.5 Å². The maximum Gasteiger partial charge on any atom is 0.434 e. The normalized spacial score (nSPS) is 17.5. The van der Waals surface area contributed by atoms with Crippen molar-refractivity contribution in [2.45, 2.75) is 11.5 Å². The minimum Gasteiger partial charge on any atom is -0.488 e. The lowest BCUT2D eigenvalue weighted by Gasteiger charge is -2.40. The van der Waals surface area contributed by atoms with E-state index in [4.69, 9.17) is 22.1 Å². The van der Waals surface area contributed by atoms with Crippen molar-refractivity contribution in [2.75, 3.05) is 11.5 Å². The standard InChI is InChI=1S/C24H22ClN7O3/c1-29-16-18(17-6-2-3-7-19(17)29)24(25)10-11-27-22(26)31(24)20-8-4-5-9-21(20)35-15-14-30-13-12-28-23(30)32(33)34/h2-13,16H,14-15H2,1H3,(H2,26,27). The number of nitrogens with zero attached hydrogens (tertiary/aromatic N) is 6. The molecule has 2 aromatic carbocycles. The molecule has 0 saturated carbocycles. The Hall–Kier alpha value is -4.31. The molecule has 10 nitrogen and oxygen atoms in total. The number of para-hydroxylation sites is 3. The van der Waals surface area contributed by atoms with Crippen molar-refractivity contribution in [2.24, 2.45) is 17.8 Å². The monoisotopic (exact) mass is 491 g/mol. The minimum absolute atomic E-state index is 0.165. The number of aliphatic imine (C=N–C) groups is 1. The number of rotatable bonds is 7. The maximum atomic E-state index is 11.1. The summed E-state index contributed by atoms with van der Waals surface area (Å²) in [5.74, 6) is 0.473. The summed E-state index contributed by atoms with van der Waals surface area (Å²) in [7, 11) is 1.97. The molecule has 1 aliphatic heterocycles. The molecule has 11 heteroatoms. The zero-order valence-electron chi connectivity index (χ0n) is 18.8. The number of nitrogens with two attached hydrogens (primary N) is 1. The number of halogens is 1. The average Bonchev–Trinajstić information content (AvgIpc) is 3.45. The van der Waals surface area contributed by atoms with Gasteiger partial charge in [-0.1, -0.05) is 46.9 Å². The van der Waals surface area contributed by atoms with Crippen LogP contribution in [0.2, 0.25) is 0 Å². The molecule has 4 aromatic rings. The number of anilines is 1. The molecule has 2 N–H and O–H groups in total. The molecule has 178 valence electrons. The number of imidazole rings is 1. The molecule has 0 fully saturated rings. The van der Waals surface area contributed by atoms with Crippen LogP contribution in [-0.2, 0) is 18.6 Å². The smallest absolute Gasteiger partial charge is 0.434 e. The highest BCUT2D eigenvalue weighted by molar-refractivity contribution is 6.30. The lowest BCUT2D eigenvalue weighted by atomic mass is 10.0. The van der Waals surface area contributed by atoms with Crippen molar-refractivity contribution >= 4 is 40.1 Å². The number of guanidine groups is 1. The number of hydrogen-bond donors (Lipinski definition) is 1. The van der Waals surface area contributed by atoms with Crippen molar-refractivity contribution in [1.29, 1.82) is 0 Å². The lowest BCUT2D eigenvalue weighted by molar-refractivity contribution is -0.396. The second-order valence-electron chi connectivity index (χ2n) is 7.98. The van der Waals surface area contributed by atoms with E-state index >= 15 is 0 Å². The predicted molar refractivity (Wildman–Crippen MR) is 135 cm³/mol.